The fraction of sp³-hybridized carbons (Fsp3) is 0.0500. The van der Waals surface area contributed by atoms with Crippen LogP contribution in [0.4, 0.5) is 11.5 Å². The van der Waals surface area contributed by atoms with E-state index < -0.39 is 27.4 Å². The summed E-state index contributed by atoms with van der Waals surface area (Å²) in [6.45, 7) is -0.595. The Morgan fingerprint density at radius 3 is 2.42 bits per heavy atom. The average molecular weight is 439 g/mol. The van der Waals surface area contributed by atoms with Crippen molar-refractivity contribution in [3.63, 3.8) is 0 Å². The number of para-hydroxylation sites is 1. The van der Waals surface area contributed by atoms with Gasteiger partial charge < -0.3 is 0 Å². The molecule has 10 nitrogen and oxygen atoms in total. The van der Waals surface area contributed by atoms with Crippen molar-refractivity contribution in [2.24, 2.45) is 5.10 Å². The second kappa shape index (κ2) is 9.59. The Morgan fingerprint density at radius 1 is 1.06 bits per heavy atom. The van der Waals surface area contributed by atoms with Crippen molar-refractivity contribution < 1.29 is 18.1 Å². The third kappa shape index (κ3) is 5.28. The zero-order valence-corrected chi connectivity index (χ0v) is 16.8. The zero-order valence-electron chi connectivity index (χ0n) is 16.0. The first kappa shape index (κ1) is 21.6. The Morgan fingerprint density at radius 2 is 1.74 bits per heavy atom. The number of carbonyl (C=O) groups is 1. The van der Waals surface area contributed by atoms with Crippen LogP contribution in [0.1, 0.15) is 5.56 Å². The molecule has 3 aromatic rings. The summed E-state index contributed by atoms with van der Waals surface area (Å²) in [7, 11) is -4.08. The molecule has 31 heavy (non-hydrogen) atoms. The van der Waals surface area contributed by atoms with Crippen LogP contribution in [0, 0.1) is 10.1 Å². The number of aromatic nitrogens is 1. The average Bonchev–Trinajstić information content (AvgIpc) is 2.79. The fourth-order valence-electron chi connectivity index (χ4n) is 2.61. The van der Waals surface area contributed by atoms with Gasteiger partial charge in [-0.1, -0.05) is 36.4 Å². The molecule has 0 fully saturated rings. The number of nitro benzene ring substituents is 1. The Balaban J connectivity index is 1.81. The molecule has 0 saturated heterocycles. The predicted molar refractivity (Wildman–Crippen MR) is 114 cm³/mol. The highest BCUT2D eigenvalue weighted by molar-refractivity contribution is 7.92. The van der Waals surface area contributed by atoms with Gasteiger partial charge in [-0.2, -0.15) is 5.10 Å². The van der Waals surface area contributed by atoms with Crippen molar-refractivity contribution in [2.45, 2.75) is 4.90 Å². The van der Waals surface area contributed by atoms with Crippen LogP contribution in [-0.4, -0.2) is 37.0 Å². The molecule has 11 heteroatoms. The molecule has 0 atom stereocenters. The molecule has 0 bridgehead atoms. The number of nitrogens with zero attached hydrogens (tertiary/aromatic N) is 4. The van der Waals surface area contributed by atoms with E-state index in [0.29, 0.717) is 0 Å². The van der Waals surface area contributed by atoms with Crippen molar-refractivity contribution in [3.05, 3.63) is 94.7 Å². The number of sulfonamides is 1. The Bertz CT molecular complexity index is 1200. The molecule has 2 aromatic carbocycles. The van der Waals surface area contributed by atoms with Crippen LogP contribution in [-0.2, 0) is 14.8 Å². The number of pyridine rings is 1. The van der Waals surface area contributed by atoms with Gasteiger partial charge in [0.2, 0.25) is 0 Å². The van der Waals surface area contributed by atoms with Gasteiger partial charge in [0.15, 0.2) is 0 Å². The van der Waals surface area contributed by atoms with Crippen molar-refractivity contribution in [2.75, 3.05) is 10.8 Å². The second-order valence-electron chi connectivity index (χ2n) is 6.12. The molecule has 158 valence electrons. The highest BCUT2D eigenvalue weighted by Crippen LogP contribution is 2.21. The maximum atomic E-state index is 13.1. The lowest BCUT2D eigenvalue weighted by Gasteiger charge is -2.22. The standard InChI is InChI=1S/C20H17N5O5S/c26-20(23-22-14-16-8-4-5-11-18(16)25(27)28)15-24(19-12-6-7-13-21-19)31(29,30)17-9-2-1-3-10-17/h1-14H,15H2,(H,23,26)/b22-14-. The van der Waals surface area contributed by atoms with Crippen LogP contribution in [0.5, 0.6) is 0 Å². The van der Waals surface area contributed by atoms with Crippen LogP contribution in [0.25, 0.3) is 0 Å². The van der Waals surface area contributed by atoms with Crippen molar-refractivity contribution in [3.8, 4) is 0 Å². The normalized spacial score (nSPS) is 11.2. The molecule has 0 aliphatic carbocycles. The first-order valence-electron chi connectivity index (χ1n) is 8.94. The quantitative estimate of drug-likeness (QED) is 0.325. The van der Waals surface area contributed by atoms with Crippen LogP contribution in [0.2, 0.25) is 0 Å². The topological polar surface area (TPSA) is 135 Å². The summed E-state index contributed by atoms with van der Waals surface area (Å²) in [5.74, 6) is -0.691. The van der Waals surface area contributed by atoms with E-state index in [1.54, 1.807) is 36.4 Å². The summed E-state index contributed by atoms with van der Waals surface area (Å²) in [6, 6.07) is 18.2. The second-order valence-corrected chi connectivity index (χ2v) is 7.98. The predicted octanol–water partition coefficient (Wildman–Crippen LogP) is 2.34. The lowest BCUT2D eigenvalue weighted by Crippen LogP contribution is -2.40. The number of carbonyl (C=O) groups excluding carboxylic acids is 1. The van der Waals surface area contributed by atoms with E-state index in [9.17, 15) is 23.3 Å². The van der Waals surface area contributed by atoms with Crippen molar-refractivity contribution in [1.82, 2.24) is 10.4 Å². The van der Waals surface area contributed by atoms with E-state index in [1.165, 1.54) is 42.6 Å². The van der Waals surface area contributed by atoms with Crippen molar-refractivity contribution >= 4 is 33.7 Å². The van der Waals surface area contributed by atoms with Crippen LogP contribution in [0.15, 0.2) is 89.0 Å². The first-order chi connectivity index (χ1) is 14.9. The minimum absolute atomic E-state index is 0.00290. The Labute approximate surface area is 178 Å². The molecule has 1 N–H and O–H groups in total. The summed E-state index contributed by atoms with van der Waals surface area (Å²) < 4.78 is 27.0. The summed E-state index contributed by atoms with van der Waals surface area (Å²) in [4.78, 5) is 26.9. The SMILES string of the molecule is O=C(CN(c1ccccn1)S(=O)(=O)c1ccccc1)N/N=C\c1ccccc1[N+](=O)[O-]. The molecule has 1 amide bonds. The first-order valence-corrected chi connectivity index (χ1v) is 10.4. The molecule has 0 radical (unpaired) electrons. The smallest absolute Gasteiger partial charge is 0.271 e. The number of hydrogen-bond donors (Lipinski definition) is 1. The molecule has 3 rings (SSSR count). The number of anilines is 1. The number of amides is 1. The van der Waals surface area contributed by atoms with Crippen molar-refractivity contribution in [1.29, 1.82) is 0 Å². The van der Waals surface area contributed by atoms with Gasteiger partial charge >= 0.3 is 0 Å². The number of nitrogens with one attached hydrogen (secondary N) is 1. The van der Waals surface area contributed by atoms with Gasteiger partial charge in [-0.3, -0.25) is 14.9 Å². The molecular weight excluding hydrogens is 422 g/mol. The molecule has 1 aromatic heterocycles. The van der Waals surface area contributed by atoms with Gasteiger partial charge in [0.25, 0.3) is 21.6 Å². The van der Waals surface area contributed by atoms with E-state index >= 15 is 0 Å². The van der Waals surface area contributed by atoms with E-state index in [1.807, 2.05) is 0 Å². The van der Waals surface area contributed by atoms with Gasteiger partial charge in [-0.25, -0.2) is 23.1 Å². The lowest BCUT2D eigenvalue weighted by atomic mass is 10.2. The monoisotopic (exact) mass is 439 g/mol. The lowest BCUT2D eigenvalue weighted by molar-refractivity contribution is -0.385. The number of benzene rings is 2. The minimum atomic E-state index is -4.08. The van der Waals surface area contributed by atoms with E-state index in [2.05, 4.69) is 15.5 Å². The van der Waals surface area contributed by atoms with Gasteiger partial charge in [0.1, 0.15) is 12.4 Å². The number of hydrogen-bond acceptors (Lipinski definition) is 7. The van der Waals surface area contributed by atoms with E-state index in [0.717, 1.165) is 10.5 Å². The molecule has 0 aliphatic rings. The Kier molecular flexibility index (Phi) is 6.67. The molecule has 0 unspecified atom stereocenters. The summed E-state index contributed by atoms with van der Waals surface area (Å²) in [5.41, 5.74) is 2.20. The highest BCUT2D eigenvalue weighted by Gasteiger charge is 2.27. The maximum absolute atomic E-state index is 13.1. The van der Waals surface area contributed by atoms with Gasteiger partial charge in [-0.05, 0) is 30.3 Å². The van der Waals surface area contributed by atoms with Crippen LogP contribution < -0.4 is 9.73 Å². The zero-order chi connectivity index (χ0) is 22.3. The van der Waals surface area contributed by atoms with E-state index in [4.69, 9.17) is 0 Å². The molecule has 0 saturated carbocycles. The number of nitro groups is 1. The van der Waals surface area contributed by atoms with Crippen LogP contribution >= 0.6 is 0 Å². The summed E-state index contributed by atoms with van der Waals surface area (Å²) in [5, 5.41) is 14.8. The molecule has 0 aliphatic heterocycles. The van der Waals surface area contributed by atoms with Crippen LogP contribution in [0.3, 0.4) is 0 Å². The molecular formula is C20H17N5O5S. The number of rotatable bonds is 8. The third-order valence-corrected chi connectivity index (χ3v) is 5.81. The fourth-order valence-corrected chi connectivity index (χ4v) is 4.01. The summed E-state index contributed by atoms with van der Waals surface area (Å²) >= 11 is 0. The summed E-state index contributed by atoms with van der Waals surface area (Å²) in [6.07, 6.45) is 2.53. The Hall–Kier alpha value is -4.12. The van der Waals surface area contributed by atoms with Gasteiger partial charge in [0, 0.05) is 12.3 Å². The van der Waals surface area contributed by atoms with E-state index in [-0.39, 0.29) is 22.0 Å². The molecule has 0 spiro atoms. The van der Waals surface area contributed by atoms with Gasteiger partial charge in [-0.15, -0.1) is 0 Å². The number of hydrazone groups is 1. The minimum Gasteiger partial charge on any atom is -0.271 e. The largest absolute Gasteiger partial charge is 0.278 e. The molecule has 1 heterocycles. The van der Waals surface area contributed by atoms with Gasteiger partial charge in [0.05, 0.1) is 21.6 Å². The third-order valence-electron chi connectivity index (χ3n) is 4.05. The maximum Gasteiger partial charge on any atom is 0.278 e. The highest BCUT2D eigenvalue weighted by atomic mass is 32.2.